The van der Waals surface area contributed by atoms with Crippen LogP contribution in [0.3, 0.4) is 0 Å². The molecule has 0 unspecified atom stereocenters. The Bertz CT molecular complexity index is 770. The van der Waals surface area contributed by atoms with E-state index in [0.29, 0.717) is 6.54 Å². The zero-order chi connectivity index (χ0) is 14.1. The second-order valence-electron chi connectivity index (χ2n) is 4.67. The lowest BCUT2D eigenvalue weighted by Crippen LogP contribution is -2.05. The van der Waals surface area contributed by atoms with Crippen molar-refractivity contribution in [2.45, 2.75) is 19.9 Å². The number of furan rings is 1. The van der Waals surface area contributed by atoms with Gasteiger partial charge in [0, 0.05) is 6.54 Å². The highest BCUT2D eigenvalue weighted by Crippen LogP contribution is 2.26. The topological polar surface area (TPSA) is 68.3 Å². The molecule has 3 aromatic rings. The van der Waals surface area contributed by atoms with Gasteiger partial charge >= 0.3 is 5.97 Å². The molecule has 5 heteroatoms. The summed E-state index contributed by atoms with van der Waals surface area (Å²) in [5, 5.41) is 8.90. The van der Waals surface area contributed by atoms with Gasteiger partial charge in [0.05, 0.1) is 23.0 Å². The van der Waals surface area contributed by atoms with Crippen molar-refractivity contribution < 1.29 is 14.3 Å². The van der Waals surface area contributed by atoms with Crippen LogP contribution in [0, 0.1) is 6.92 Å². The van der Waals surface area contributed by atoms with Gasteiger partial charge < -0.3 is 14.1 Å². The number of nitrogens with zero attached hydrogens (tertiary/aromatic N) is 2. The zero-order valence-corrected chi connectivity index (χ0v) is 11.0. The third kappa shape index (κ3) is 2.18. The summed E-state index contributed by atoms with van der Waals surface area (Å²) in [7, 11) is 0. The van der Waals surface area contributed by atoms with Crippen LogP contribution in [0.15, 0.2) is 41.0 Å². The minimum Gasteiger partial charge on any atom is -0.481 e. The van der Waals surface area contributed by atoms with Crippen LogP contribution in [0.25, 0.3) is 22.4 Å². The van der Waals surface area contributed by atoms with Crippen LogP contribution in [0.1, 0.15) is 12.2 Å². The normalized spacial score (nSPS) is 11.1. The number of para-hydroxylation sites is 2. The molecule has 0 fully saturated rings. The summed E-state index contributed by atoms with van der Waals surface area (Å²) < 4.78 is 7.25. The Hall–Kier alpha value is -2.56. The number of aliphatic carboxylic acids is 1. The van der Waals surface area contributed by atoms with Crippen molar-refractivity contribution in [2.75, 3.05) is 0 Å². The van der Waals surface area contributed by atoms with E-state index in [2.05, 4.69) is 4.98 Å². The molecular formula is C15H14N2O3. The van der Waals surface area contributed by atoms with E-state index in [1.807, 2.05) is 41.8 Å². The van der Waals surface area contributed by atoms with Gasteiger partial charge in [-0.1, -0.05) is 12.1 Å². The Morgan fingerprint density at radius 1 is 1.40 bits per heavy atom. The van der Waals surface area contributed by atoms with Crippen molar-refractivity contribution in [3.8, 4) is 11.4 Å². The molecule has 5 nitrogen and oxygen atoms in total. The second kappa shape index (κ2) is 4.85. The Balaban J connectivity index is 2.14. The van der Waals surface area contributed by atoms with Gasteiger partial charge in [-0.3, -0.25) is 4.79 Å². The van der Waals surface area contributed by atoms with E-state index in [0.717, 1.165) is 28.2 Å². The molecule has 0 spiro atoms. The number of benzene rings is 1. The molecule has 0 amide bonds. The summed E-state index contributed by atoms with van der Waals surface area (Å²) in [5.41, 5.74) is 2.65. The van der Waals surface area contributed by atoms with Gasteiger partial charge in [-0.05, 0) is 25.1 Å². The van der Waals surface area contributed by atoms with Crippen LogP contribution < -0.4 is 0 Å². The highest BCUT2D eigenvalue weighted by molar-refractivity contribution is 5.80. The van der Waals surface area contributed by atoms with E-state index in [1.165, 1.54) is 0 Å². The summed E-state index contributed by atoms with van der Waals surface area (Å²) in [6.07, 6.45) is 1.71. The average Bonchev–Trinajstić information content (AvgIpc) is 2.99. The summed E-state index contributed by atoms with van der Waals surface area (Å²) in [6, 6.07) is 9.61. The van der Waals surface area contributed by atoms with E-state index in [-0.39, 0.29) is 6.42 Å². The third-order valence-corrected chi connectivity index (χ3v) is 3.19. The van der Waals surface area contributed by atoms with Gasteiger partial charge in [-0.15, -0.1) is 0 Å². The minimum atomic E-state index is -0.822. The molecule has 2 aromatic heterocycles. The first-order valence-electron chi connectivity index (χ1n) is 6.38. The second-order valence-corrected chi connectivity index (χ2v) is 4.67. The zero-order valence-electron chi connectivity index (χ0n) is 11.0. The highest BCUT2D eigenvalue weighted by atomic mass is 16.4. The number of aryl methyl sites for hydroxylation is 2. The van der Waals surface area contributed by atoms with Crippen molar-refractivity contribution in [2.24, 2.45) is 0 Å². The largest absolute Gasteiger partial charge is 0.481 e. The van der Waals surface area contributed by atoms with Crippen molar-refractivity contribution in [1.29, 1.82) is 0 Å². The number of hydrogen-bond acceptors (Lipinski definition) is 3. The van der Waals surface area contributed by atoms with Gasteiger partial charge in [0.15, 0.2) is 0 Å². The highest BCUT2D eigenvalue weighted by Gasteiger charge is 2.14. The van der Waals surface area contributed by atoms with Gasteiger partial charge in [-0.2, -0.15) is 0 Å². The first-order chi connectivity index (χ1) is 9.65. The quantitative estimate of drug-likeness (QED) is 0.791. The van der Waals surface area contributed by atoms with Crippen LogP contribution >= 0.6 is 0 Å². The Kier molecular flexibility index (Phi) is 3.02. The minimum absolute atomic E-state index is 0.0597. The molecule has 0 aliphatic rings. The number of hydrogen-bond donors (Lipinski definition) is 1. The SMILES string of the molecule is Cc1cc(-c2nc3ccccc3n2CCC(=O)O)co1. The monoisotopic (exact) mass is 270 g/mol. The van der Waals surface area contributed by atoms with Crippen LogP contribution in [0.2, 0.25) is 0 Å². The van der Waals surface area contributed by atoms with Crippen LogP contribution in [-0.2, 0) is 11.3 Å². The summed E-state index contributed by atoms with van der Waals surface area (Å²) in [5.74, 6) is 0.721. The lowest BCUT2D eigenvalue weighted by atomic mass is 10.3. The summed E-state index contributed by atoms with van der Waals surface area (Å²) in [6.45, 7) is 2.25. The Labute approximate surface area is 115 Å². The molecular weight excluding hydrogens is 256 g/mol. The van der Waals surface area contributed by atoms with Gasteiger partial charge in [0.2, 0.25) is 0 Å². The fraction of sp³-hybridized carbons (Fsp3) is 0.200. The van der Waals surface area contributed by atoms with E-state index < -0.39 is 5.97 Å². The molecule has 3 rings (SSSR count). The smallest absolute Gasteiger partial charge is 0.305 e. The molecule has 0 radical (unpaired) electrons. The predicted molar refractivity (Wildman–Crippen MR) is 74.4 cm³/mol. The molecule has 0 atom stereocenters. The fourth-order valence-electron chi connectivity index (χ4n) is 2.29. The first-order valence-corrected chi connectivity index (χ1v) is 6.38. The predicted octanol–water partition coefficient (Wildman–Crippen LogP) is 3.08. The Morgan fingerprint density at radius 2 is 2.20 bits per heavy atom. The van der Waals surface area contributed by atoms with Gasteiger partial charge in [0.1, 0.15) is 17.8 Å². The van der Waals surface area contributed by atoms with Crippen molar-refractivity contribution in [3.63, 3.8) is 0 Å². The molecule has 0 aliphatic carbocycles. The molecule has 0 bridgehead atoms. The molecule has 2 heterocycles. The summed E-state index contributed by atoms with van der Waals surface area (Å²) >= 11 is 0. The van der Waals surface area contributed by atoms with Crippen molar-refractivity contribution in [1.82, 2.24) is 9.55 Å². The maximum atomic E-state index is 10.8. The average molecular weight is 270 g/mol. The van der Waals surface area contributed by atoms with E-state index in [4.69, 9.17) is 9.52 Å². The number of carboxylic acids is 1. The van der Waals surface area contributed by atoms with Crippen LogP contribution in [0.5, 0.6) is 0 Å². The van der Waals surface area contributed by atoms with Crippen molar-refractivity contribution in [3.05, 3.63) is 42.4 Å². The number of carbonyl (C=O) groups is 1. The van der Waals surface area contributed by atoms with Gasteiger partial charge in [-0.25, -0.2) is 4.98 Å². The van der Waals surface area contributed by atoms with Gasteiger partial charge in [0.25, 0.3) is 0 Å². The maximum absolute atomic E-state index is 10.8. The van der Waals surface area contributed by atoms with Crippen LogP contribution in [0.4, 0.5) is 0 Å². The molecule has 20 heavy (non-hydrogen) atoms. The van der Waals surface area contributed by atoms with E-state index >= 15 is 0 Å². The lowest BCUT2D eigenvalue weighted by molar-refractivity contribution is -0.137. The number of fused-ring (bicyclic) bond motifs is 1. The summed E-state index contributed by atoms with van der Waals surface area (Å²) in [4.78, 5) is 15.4. The van der Waals surface area contributed by atoms with Crippen LogP contribution in [-0.4, -0.2) is 20.6 Å². The third-order valence-electron chi connectivity index (χ3n) is 3.19. The lowest BCUT2D eigenvalue weighted by Gasteiger charge is -2.06. The molecule has 0 saturated carbocycles. The van der Waals surface area contributed by atoms with E-state index in [9.17, 15) is 4.79 Å². The number of imidazole rings is 1. The maximum Gasteiger partial charge on any atom is 0.305 e. The number of carboxylic acid groups (broad SMARTS) is 1. The van der Waals surface area contributed by atoms with E-state index in [1.54, 1.807) is 6.26 Å². The Morgan fingerprint density at radius 3 is 2.90 bits per heavy atom. The molecule has 0 aliphatic heterocycles. The first kappa shape index (κ1) is 12.5. The molecule has 0 saturated heterocycles. The molecule has 102 valence electrons. The fourth-order valence-corrected chi connectivity index (χ4v) is 2.29. The standard InChI is InChI=1S/C15H14N2O3/c1-10-8-11(9-20-10)15-16-12-4-2-3-5-13(12)17(15)7-6-14(18)19/h2-5,8-9H,6-7H2,1H3,(H,18,19). The van der Waals surface area contributed by atoms with Crippen molar-refractivity contribution >= 4 is 17.0 Å². The number of aromatic nitrogens is 2. The number of rotatable bonds is 4. The molecule has 1 N–H and O–H groups in total. The molecule has 1 aromatic carbocycles.